The summed E-state index contributed by atoms with van der Waals surface area (Å²) in [7, 11) is 1.62. The third-order valence-electron chi connectivity index (χ3n) is 3.49. The van der Waals surface area contributed by atoms with E-state index in [4.69, 9.17) is 9.15 Å². The van der Waals surface area contributed by atoms with E-state index in [1.54, 1.807) is 13.4 Å². The minimum atomic E-state index is -0.598. The second kappa shape index (κ2) is 7.29. The van der Waals surface area contributed by atoms with Gasteiger partial charge in [0.2, 0.25) is 0 Å². The van der Waals surface area contributed by atoms with Crippen molar-refractivity contribution in [2.24, 2.45) is 0 Å². The minimum Gasteiger partial charge on any atom is -0.496 e. The molecule has 2 aromatic rings. The molecule has 0 aliphatic rings. The van der Waals surface area contributed by atoms with Crippen LogP contribution in [0, 0.1) is 6.92 Å². The molecular formula is C17H23NO3. The van der Waals surface area contributed by atoms with Gasteiger partial charge in [-0.3, -0.25) is 0 Å². The maximum absolute atomic E-state index is 10.4. The Morgan fingerprint density at radius 2 is 2.14 bits per heavy atom. The van der Waals surface area contributed by atoms with Crippen molar-refractivity contribution in [3.63, 3.8) is 0 Å². The summed E-state index contributed by atoms with van der Waals surface area (Å²) in [6, 6.07) is 9.89. The fourth-order valence-corrected chi connectivity index (χ4v) is 2.34. The van der Waals surface area contributed by atoms with E-state index in [2.05, 4.69) is 12.2 Å². The van der Waals surface area contributed by atoms with Gasteiger partial charge in [-0.15, -0.1) is 0 Å². The summed E-state index contributed by atoms with van der Waals surface area (Å²) in [6.07, 6.45) is 1.87. The minimum absolute atomic E-state index is 0.224. The van der Waals surface area contributed by atoms with Crippen LogP contribution in [0.2, 0.25) is 0 Å². The molecule has 0 aliphatic carbocycles. The molecule has 2 atom stereocenters. The molecular weight excluding hydrogens is 266 g/mol. The Labute approximate surface area is 125 Å². The van der Waals surface area contributed by atoms with Gasteiger partial charge in [-0.1, -0.05) is 11.6 Å². The fraction of sp³-hybridized carbons (Fsp3) is 0.412. The Morgan fingerprint density at radius 3 is 2.81 bits per heavy atom. The maximum atomic E-state index is 10.4. The van der Waals surface area contributed by atoms with E-state index in [9.17, 15) is 5.11 Å². The molecule has 1 aromatic carbocycles. The number of hydrogen-bond acceptors (Lipinski definition) is 4. The average Bonchev–Trinajstić information content (AvgIpc) is 2.97. The first-order valence-electron chi connectivity index (χ1n) is 7.18. The molecule has 0 spiro atoms. The van der Waals surface area contributed by atoms with Crippen molar-refractivity contribution in [1.29, 1.82) is 0 Å². The second-order valence-electron chi connectivity index (χ2n) is 5.35. The lowest BCUT2D eigenvalue weighted by Gasteiger charge is -2.19. The molecule has 2 unspecified atom stereocenters. The number of benzene rings is 1. The summed E-state index contributed by atoms with van der Waals surface area (Å²) < 4.78 is 10.6. The number of hydrogen-bond donors (Lipinski definition) is 2. The number of rotatable bonds is 7. The Morgan fingerprint density at radius 1 is 1.33 bits per heavy atom. The topological polar surface area (TPSA) is 54.6 Å². The molecule has 1 heterocycles. The van der Waals surface area contributed by atoms with Gasteiger partial charge in [0.15, 0.2) is 0 Å². The van der Waals surface area contributed by atoms with Crippen molar-refractivity contribution in [2.45, 2.75) is 32.4 Å². The lowest BCUT2D eigenvalue weighted by atomic mass is 10.0. The number of nitrogens with one attached hydrogen (secondary N) is 1. The summed E-state index contributed by atoms with van der Waals surface area (Å²) in [5.41, 5.74) is 1.92. The SMILES string of the molecule is COc1ccc(C)cc1C(O)CNC(C)Cc1ccco1. The molecule has 0 saturated heterocycles. The smallest absolute Gasteiger partial charge is 0.124 e. The standard InChI is InChI=1S/C17H23NO3/c1-12-6-7-17(20-3)15(9-12)16(19)11-18-13(2)10-14-5-4-8-21-14/h4-9,13,16,18-19H,10-11H2,1-3H3. The van der Waals surface area contributed by atoms with Crippen molar-refractivity contribution in [1.82, 2.24) is 5.32 Å². The zero-order valence-corrected chi connectivity index (χ0v) is 12.8. The molecule has 0 amide bonds. The Balaban J connectivity index is 1.92. The van der Waals surface area contributed by atoms with E-state index < -0.39 is 6.10 Å². The highest BCUT2D eigenvalue weighted by molar-refractivity contribution is 5.38. The van der Waals surface area contributed by atoms with Gasteiger partial charge in [0.25, 0.3) is 0 Å². The van der Waals surface area contributed by atoms with Crippen LogP contribution < -0.4 is 10.1 Å². The van der Waals surface area contributed by atoms with Gasteiger partial charge in [-0.05, 0) is 38.1 Å². The van der Waals surface area contributed by atoms with Crippen molar-refractivity contribution in [3.8, 4) is 5.75 Å². The quantitative estimate of drug-likeness (QED) is 0.823. The number of furan rings is 1. The molecule has 0 saturated carbocycles. The zero-order chi connectivity index (χ0) is 15.2. The van der Waals surface area contributed by atoms with Crippen LogP contribution in [0.5, 0.6) is 5.75 Å². The summed E-state index contributed by atoms with van der Waals surface area (Å²) in [5, 5.41) is 13.7. The summed E-state index contributed by atoms with van der Waals surface area (Å²) in [6.45, 7) is 4.55. The predicted octanol–water partition coefficient (Wildman–Crippen LogP) is 2.85. The number of aliphatic hydroxyl groups is 1. The van der Waals surface area contributed by atoms with Crippen LogP contribution in [0.4, 0.5) is 0 Å². The average molecular weight is 289 g/mol. The van der Waals surface area contributed by atoms with E-state index in [0.29, 0.717) is 12.3 Å². The molecule has 0 aliphatic heterocycles. The predicted molar refractivity (Wildman–Crippen MR) is 82.6 cm³/mol. The Kier molecular flexibility index (Phi) is 5.42. The first-order chi connectivity index (χ1) is 10.1. The van der Waals surface area contributed by atoms with Gasteiger partial charge >= 0.3 is 0 Å². The largest absolute Gasteiger partial charge is 0.496 e. The molecule has 21 heavy (non-hydrogen) atoms. The molecule has 1 aromatic heterocycles. The molecule has 114 valence electrons. The van der Waals surface area contributed by atoms with Gasteiger partial charge in [0, 0.05) is 24.6 Å². The fourth-order valence-electron chi connectivity index (χ4n) is 2.34. The van der Waals surface area contributed by atoms with Gasteiger partial charge in [0.1, 0.15) is 11.5 Å². The molecule has 2 N–H and O–H groups in total. The molecule has 4 nitrogen and oxygen atoms in total. The highest BCUT2D eigenvalue weighted by atomic mass is 16.5. The first-order valence-corrected chi connectivity index (χ1v) is 7.18. The lowest BCUT2D eigenvalue weighted by molar-refractivity contribution is 0.166. The van der Waals surface area contributed by atoms with Crippen LogP contribution >= 0.6 is 0 Å². The van der Waals surface area contributed by atoms with E-state index in [-0.39, 0.29) is 6.04 Å². The molecule has 0 radical (unpaired) electrons. The van der Waals surface area contributed by atoms with Crippen LogP contribution in [0.25, 0.3) is 0 Å². The normalized spacial score (nSPS) is 13.9. The van der Waals surface area contributed by atoms with E-state index >= 15 is 0 Å². The van der Waals surface area contributed by atoms with Crippen molar-refractivity contribution >= 4 is 0 Å². The molecule has 0 fully saturated rings. The van der Waals surface area contributed by atoms with Crippen molar-refractivity contribution in [2.75, 3.05) is 13.7 Å². The second-order valence-corrected chi connectivity index (χ2v) is 5.35. The highest BCUT2D eigenvalue weighted by Crippen LogP contribution is 2.26. The summed E-state index contributed by atoms with van der Waals surface area (Å²) in [5.74, 6) is 1.66. The molecule has 2 rings (SSSR count). The van der Waals surface area contributed by atoms with Gasteiger partial charge in [-0.2, -0.15) is 0 Å². The number of methoxy groups -OCH3 is 1. The van der Waals surface area contributed by atoms with E-state index in [0.717, 1.165) is 23.3 Å². The highest BCUT2D eigenvalue weighted by Gasteiger charge is 2.15. The van der Waals surface area contributed by atoms with Crippen LogP contribution in [-0.2, 0) is 6.42 Å². The van der Waals surface area contributed by atoms with Crippen LogP contribution in [-0.4, -0.2) is 24.8 Å². The number of aliphatic hydroxyl groups excluding tert-OH is 1. The Hall–Kier alpha value is -1.78. The van der Waals surface area contributed by atoms with Gasteiger partial charge in [0.05, 0.1) is 19.5 Å². The number of aryl methyl sites for hydroxylation is 1. The van der Waals surface area contributed by atoms with Gasteiger partial charge < -0.3 is 19.6 Å². The van der Waals surface area contributed by atoms with Crippen LogP contribution in [0.3, 0.4) is 0 Å². The molecule has 0 bridgehead atoms. The third-order valence-corrected chi connectivity index (χ3v) is 3.49. The summed E-state index contributed by atoms with van der Waals surface area (Å²) >= 11 is 0. The van der Waals surface area contributed by atoms with E-state index in [1.807, 2.05) is 37.3 Å². The number of ether oxygens (including phenoxy) is 1. The summed E-state index contributed by atoms with van der Waals surface area (Å²) in [4.78, 5) is 0. The first kappa shape index (κ1) is 15.6. The molecule has 4 heteroatoms. The maximum Gasteiger partial charge on any atom is 0.124 e. The van der Waals surface area contributed by atoms with Gasteiger partial charge in [-0.25, -0.2) is 0 Å². The lowest BCUT2D eigenvalue weighted by Crippen LogP contribution is -2.32. The van der Waals surface area contributed by atoms with E-state index in [1.165, 1.54) is 0 Å². The van der Waals surface area contributed by atoms with Crippen molar-refractivity contribution < 1.29 is 14.3 Å². The zero-order valence-electron chi connectivity index (χ0n) is 12.8. The van der Waals surface area contributed by atoms with Crippen LogP contribution in [0.1, 0.15) is 29.9 Å². The third kappa shape index (κ3) is 4.34. The Bertz CT molecular complexity index is 551. The monoisotopic (exact) mass is 289 g/mol. The van der Waals surface area contributed by atoms with Crippen LogP contribution in [0.15, 0.2) is 41.0 Å². The van der Waals surface area contributed by atoms with Crippen molar-refractivity contribution in [3.05, 3.63) is 53.5 Å².